The maximum absolute atomic E-state index is 12.5. The van der Waals surface area contributed by atoms with Gasteiger partial charge in [0.15, 0.2) is 0 Å². The summed E-state index contributed by atoms with van der Waals surface area (Å²) in [7, 11) is 0. The summed E-state index contributed by atoms with van der Waals surface area (Å²) in [5.41, 5.74) is 1.18. The van der Waals surface area contributed by atoms with E-state index in [9.17, 15) is 4.79 Å². The smallest absolute Gasteiger partial charge is 0.289 e. The summed E-state index contributed by atoms with van der Waals surface area (Å²) >= 11 is 0. The largest absolute Gasteiger partial charge is 0.369 e. The second kappa shape index (κ2) is 6.72. The third-order valence-electron chi connectivity index (χ3n) is 4.26. The number of rotatable bonds is 4. The van der Waals surface area contributed by atoms with Gasteiger partial charge in [0, 0.05) is 43.4 Å². The molecule has 25 heavy (non-hydrogen) atoms. The van der Waals surface area contributed by atoms with E-state index in [4.69, 9.17) is 0 Å². The molecule has 0 unspecified atom stereocenters. The Bertz CT molecular complexity index is 849. The quantitative estimate of drug-likeness (QED) is 0.785. The van der Waals surface area contributed by atoms with Crippen molar-refractivity contribution in [3.05, 3.63) is 67.1 Å². The highest BCUT2D eigenvalue weighted by Crippen LogP contribution is 2.19. The van der Waals surface area contributed by atoms with Crippen molar-refractivity contribution >= 4 is 11.6 Å². The third kappa shape index (κ3) is 3.35. The fraction of sp³-hybridized carbons (Fsp3) is 0.222. The predicted molar refractivity (Wildman–Crippen MR) is 93.7 cm³/mol. The molecule has 4 rings (SSSR count). The van der Waals surface area contributed by atoms with Crippen LogP contribution in [0.1, 0.15) is 17.0 Å². The Morgan fingerprint density at radius 2 is 2.04 bits per heavy atom. The molecule has 1 fully saturated rings. The van der Waals surface area contributed by atoms with Gasteiger partial charge >= 0.3 is 0 Å². The zero-order valence-electron chi connectivity index (χ0n) is 13.6. The number of para-hydroxylation sites is 1. The monoisotopic (exact) mass is 334 g/mol. The van der Waals surface area contributed by atoms with Crippen molar-refractivity contribution in [2.75, 3.05) is 18.0 Å². The molecule has 1 aromatic carbocycles. The molecule has 0 radical (unpaired) electrons. The lowest BCUT2D eigenvalue weighted by Gasteiger charge is -2.18. The van der Waals surface area contributed by atoms with Crippen LogP contribution in [0.25, 0.3) is 5.82 Å². The van der Waals surface area contributed by atoms with Crippen molar-refractivity contribution in [2.45, 2.75) is 12.5 Å². The lowest BCUT2D eigenvalue weighted by atomic mass is 10.2. The number of nitrogens with one attached hydrogen (secondary N) is 1. The first kappa shape index (κ1) is 15.3. The molecule has 7 nitrogen and oxygen atoms in total. The highest BCUT2D eigenvalue weighted by atomic mass is 16.2. The first-order valence-corrected chi connectivity index (χ1v) is 8.22. The van der Waals surface area contributed by atoms with Gasteiger partial charge in [-0.3, -0.25) is 9.36 Å². The van der Waals surface area contributed by atoms with Crippen LogP contribution in [0.5, 0.6) is 0 Å². The highest BCUT2D eigenvalue weighted by molar-refractivity contribution is 5.90. The molecule has 2 aromatic heterocycles. The number of amides is 1. The Morgan fingerprint density at radius 1 is 1.16 bits per heavy atom. The van der Waals surface area contributed by atoms with Crippen LogP contribution in [0.4, 0.5) is 5.69 Å². The lowest BCUT2D eigenvalue weighted by molar-refractivity contribution is 0.0929. The van der Waals surface area contributed by atoms with Gasteiger partial charge in [-0.2, -0.15) is 0 Å². The van der Waals surface area contributed by atoms with Crippen molar-refractivity contribution < 1.29 is 4.79 Å². The van der Waals surface area contributed by atoms with Crippen LogP contribution < -0.4 is 10.2 Å². The van der Waals surface area contributed by atoms with Crippen LogP contribution in [0, 0.1) is 0 Å². The van der Waals surface area contributed by atoms with E-state index in [0.717, 1.165) is 19.5 Å². The molecule has 0 bridgehead atoms. The van der Waals surface area contributed by atoms with Crippen LogP contribution in [-0.2, 0) is 0 Å². The molecule has 3 aromatic rings. The van der Waals surface area contributed by atoms with Crippen LogP contribution >= 0.6 is 0 Å². The first-order chi connectivity index (χ1) is 12.3. The molecule has 0 spiro atoms. The molecule has 0 saturated carbocycles. The molecule has 3 heterocycles. The van der Waals surface area contributed by atoms with Crippen molar-refractivity contribution in [3.8, 4) is 5.82 Å². The normalized spacial score (nSPS) is 16.8. The second-order valence-electron chi connectivity index (χ2n) is 5.95. The molecular formula is C18H18N6O. The van der Waals surface area contributed by atoms with Gasteiger partial charge in [0.25, 0.3) is 5.91 Å². The summed E-state index contributed by atoms with van der Waals surface area (Å²) in [4.78, 5) is 27.2. The average molecular weight is 334 g/mol. The minimum absolute atomic E-state index is 0.0909. The van der Waals surface area contributed by atoms with Gasteiger partial charge in [-0.25, -0.2) is 15.0 Å². The number of hydrogen-bond acceptors (Lipinski definition) is 5. The van der Waals surface area contributed by atoms with Crippen molar-refractivity contribution in [1.82, 2.24) is 24.8 Å². The summed E-state index contributed by atoms with van der Waals surface area (Å²) in [6.45, 7) is 1.71. The van der Waals surface area contributed by atoms with Gasteiger partial charge in [-0.05, 0) is 24.6 Å². The molecule has 1 saturated heterocycles. The zero-order chi connectivity index (χ0) is 17.1. The predicted octanol–water partition coefficient (Wildman–Crippen LogP) is 1.67. The number of benzene rings is 1. The number of carbonyl (C=O) groups excluding carboxylic acids is 1. The van der Waals surface area contributed by atoms with Crippen LogP contribution in [-0.4, -0.2) is 44.6 Å². The number of anilines is 1. The average Bonchev–Trinajstić information content (AvgIpc) is 3.35. The molecule has 0 aliphatic carbocycles. The van der Waals surface area contributed by atoms with Crippen LogP contribution in [0.3, 0.4) is 0 Å². The number of aromatic nitrogens is 4. The molecule has 1 aliphatic heterocycles. The van der Waals surface area contributed by atoms with E-state index in [1.807, 2.05) is 18.2 Å². The lowest BCUT2D eigenvalue weighted by Crippen LogP contribution is -2.38. The molecule has 1 atom stereocenters. The molecular weight excluding hydrogens is 316 g/mol. The summed E-state index contributed by atoms with van der Waals surface area (Å²) in [6, 6.07) is 12.1. The fourth-order valence-corrected chi connectivity index (χ4v) is 3.00. The van der Waals surface area contributed by atoms with E-state index >= 15 is 0 Å². The standard InChI is InChI=1S/C18H18N6O/c25-18(17-20-8-6-16(22-17)24-11-9-19-13-24)21-14-7-10-23(12-14)15-4-2-1-3-5-15/h1-6,8-9,11,13-14H,7,10,12H2,(H,21,25)/t14-/m0/s1. The highest BCUT2D eigenvalue weighted by Gasteiger charge is 2.25. The maximum Gasteiger partial charge on any atom is 0.289 e. The minimum atomic E-state index is -0.248. The molecule has 7 heteroatoms. The van der Waals surface area contributed by atoms with E-state index < -0.39 is 0 Å². The van der Waals surface area contributed by atoms with Crippen molar-refractivity contribution in [3.63, 3.8) is 0 Å². The Kier molecular flexibility index (Phi) is 4.12. The van der Waals surface area contributed by atoms with Gasteiger partial charge < -0.3 is 10.2 Å². The van der Waals surface area contributed by atoms with Crippen LogP contribution in [0.15, 0.2) is 61.3 Å². The molecule has 1 N–H and O–H groups in total. The number of imidazole rings is 1. The van der Waals surface area contributed by atoms with E-state index in [0.29, 0.717) is 5.82 Å². The van der Waals surface area contributed by atoms with Gasteiger partial charge in [0.1, 0.15) is 12.1 Å². The van der Waals surface area contributed by atoms with E-state index in [-0.39, 0.29) is 17.8 Å². The molecule has 1 amide bonds. The van der Waals surface area contributed by atoms with Crippen molar-refractivity contribution in [1.29, 1.82) is 0 Å². The fourth-order valence-electron chi connectivity index (χ4n) is 3.00. The SMILES string of the molecule is O=C(N[C@H]1CCN(c2ccccc2)C1)c1nccc(-n2ccnc2)n1. The molecule has 1 aliphatic rings. The topological polar surface area (TPSA) is 75.9 Å². The number of nitrogens with zero attached hydrogens (tertiary/aromatic N) is 5. The van der Waals surface area contributed by atoms with Gasteiger partial charge in [0.2, 0.25) is 5.82 Å². The zero-order valence-corrected chi connectivity index (χ0v) is 13.6. The summed E-state index contributed by atoms with van der Waals surface area (Å²) in [6.07, 6.45) is 7.57. The van der Waals surface area contributed by atoms with Gasteiger partial charge in [0.05, 0.1) is 0 Å². The van der Waals surface area contributed by atoms with Crippen LogP contribution in [0.2, 0.25) is 0 Å². The summed E-state index contributed by atoms with van der Waals surface area (Å²) in [5.74, 6) is 0.543. The Hall–Kier alpha value is -3.22. The molecule has 126 valence electrons. The summed E-state index contributed by atoms with van der Waals surface area (Å²) < 4.78 is 1.74. The van der Waals surface area contributed by atoms with E-state index in [1.54, 1.807) is 35.6 Å². The second-order valence-corrected chi connectivity index (χ2v) is 5.95. The minimum Gasteiger partial charge on any atom is -0.369 e. The van der Waals surface area contributed by atoms with Crippen molar-refractivity contribution in [2.24, 2.45) is 0 Å². The Morgan fingerprint density at radius 3 is 2.84 bits per heavy atom. The van der Waals surface area contributed by atoms with E-state index in [1.165, 1.54) is 5.69 Å². The Balaban J connectivity index is 1.42. The maximum atomic E-state index is 12.5. The third-order valence-corrected chi connectivity index (χ3v) is 4.26. The van der Waals surface area contributed by atoms with Gasteiger partial charge in [-0.1, -0.05) is 18.2 Å². The number of hydrogen-bond donors (Lipinski definition) is 1. The first-order valence-electron chi connectivity index (χ1n) is 8.22. The Labute approximate surface area is 145 Å². The van der Waals surface area contributed by atoms with Gasteiger partial charge in [-0.15, -0.1) is 0 Å². The number of carbonyl (C=O) groups is 1. The summed E-state index contributed by atoms with van der Waals surface area (Å²) in [5, 5.41) is 3.04. The van der Waals surface area contributed by atoms with E-state index in [2.05, 4.69) is 37.3 Å².